The second-order valence-electron chi connectivity index (χ2n) is 3.82. The van der Waals surface area contributed by atoms with Crippen LogP contribution in [0.2, 0.25) is 0 Å². The van der Waals surface area contributed by atoms with Gasteiger partial charge in [-0.05, 0) is 29.9 Å². The zero-order chi connectivity index (χ0) is 5.59. The Kier molecular flexibility index (Phi) is 0.300. The highest BCUT2D eigenvalue weighted by molar-refractivity contribution is 5.68. The molecule has 0 saturated heterocycles. The highest BCUT2D eigenvalue weighted by Gasteiger charge is 2.58. The van der Waals surface area contributed by atoms with Gasteiger partial charge in [-0.15, -0.1) is 0 Å². The third-order valence-corrected chi connectivity index (χ3v) is 3.62. The molecule has 0 nitrogen and oxygen atoms in total. The Morgan fingerprint density at radius 1 is 1.33 bits per heavy atom. The Labute approximate surface area is 54.3 Å². The van der Waals surface area contributed by atoms with E-state index in [9.17, 15) is 0 Å². The summed E-state index contributed by atoms with van der Waals surface area (Å²) in [5, 5.41) is 0. The fourth-order valence-corrected chi connectivity index (χ4v) is 3.19. The molecule has 44 valence electrons. The molecule has 0 aromatic heterocycles. The second-order valence-corrected chi connectivity index (χ2v) is 3.82. The summed E-state index contributed by atoms with van der Waals surface area (Å²) in [6.07, 6.45) is 5.52. The number of rotatable bonds is 0. The predicted molar refractivity (Wildman–Crippen MR) is 34.8 cm³/mol. The van der Waals surface area contributed by atoms with Crippen molar-refractivity contribution in [3.8, 4) is 0 Å². The molecule has 4 rings (SSSR count). The van der Waals surface area contributed by atoms with Crippen LogP contribution in [-0.2, 0) is 0 Å². The molecule has 0 amide bonds. The minimum absolute atomic E-state index is 0.957. The van der Waals surface area contributed by atoms with Crippen LogP contribution in [0.5, 0.6) is 0 Å². The lowest BCUT2D eigenvalue weighted by molar-refractivity contribution is 0.354. The van der Waals surface area contributed by atoms with Crippen LogP contribution < -0.4 is 0 Å². The lowest BCUT2D eigenvalue weighted by Crippen LogP contribution is -2.36. The van der Waals surface area contributed by atoms with Crippen molar-refractivity contribution < 1.29 is 0 Å². The van der Waals surface area contributed by atoms with Crippen LogP contribution >= 0.6 is 0 Å². The minimum atomic E-state index is 0.957. The van der Waals surface area contributed by atoms with Gasteiger partial charge in [0, 0.05) is 11.8 Å². The summed E-state index contributed by atoms with van der Waals surface area (Å²) in [6.45, 7) is 0. The molecule has 9 heavy (non-hydrogen) atoms. The third kappa shape index (κ3) is 0.178. The van der Waals surface area contributed by atoms with Crippen LogP contribution in [0.1, 0.15) is 12.8 Å². The van der Waals surface area contributed by atoms with Gasteiger partial charge in [0.2, 0.25) is 0 Å². The van der Waals surface area contributed by atoms with Crippen molar-refractivity contribution in [2.75, 3.05) is 0 Å². The zero-order valence-electron chi connectivity index (χ0n) is 5.22. The molecule has 3 atom stereocenters. The van der Waals surface area contributed by atoms with Crippen molar-refractivity contribution in [3.63, 3.8) is 0 Å². The van der Waals surface area contributed by atoms with Crippen molar-refractivity contribution in [2.24, 2.45) is 17.8 Å². The Morgan fingerprint density at radius 2 is 2.33 bits per heavy atom. The molecule has 1 fully saturated rings. The lowest BCUT2D eigenvalue weighted by atomic mass is 9.55. The first-order valence-electron chi connectivity index (χ1n) is 3.91. The van der Waals surface area contributed by atoms with E-state index in [0.29, 0.717) is 0 Å². The smallest absolute Gasteiger partial charge is 0.00628 e. The monoisotopic (exact) mass is 116 g/mol. The van der Waals surface area contributed by atoms with Crippen LogP contribution in [0.15, 0.2) is 22.8 Å². The molecule has 0 spiro atoms. The van der Waals surface area contributed by atoms with E-state index >= 15 is 0 Å². The summed E-state index contributed by atoms with van der Waals surface area (Å²) in [5.74, 6) is 3.03. The molecule has 0 heterocycles. The van der Waals surface area contributed by atoms with Gasteiger partial charge in [0.1, 0.15) is 0 Å². The number of fused-ring (bicyclic) bond motifs is 1. The fraction of sp³-hybridized carbons (Fsp3) is 0.556. The second kappa shape index (κ2) is 0.749. The van der Waals surface area contributed by atoms with Crippen molar-refractivity contribution in [1.82, 2.24) is 0 Å². The van der Waals surface area contributed by atoms with E-state index in [0.717, 1.165) is 17.8 Å². The van der Waals surface area contributed by atoms with E-state index < -0.39 is 0 Å². The molecule has 4 aliphatic carbocycles. The highest BCUT2D eigenvalue weighted by Crippen LogP contribution is 2.71. The Bertz CT molecular complexity index is 280. The molecule has 1 saturated carbocycles. The van der Waals surface area contributed by atoms with Crippen molar-refractivity contribution in [2.45, 2.75) is 12.8 Å². The van der Waals surface area contributed by atoms with Crippen molar-refractivity contribution in [1.29, 1.82) is 0 Å². The van der Waals surface area contributed by atoms with Crippen LogP contribution in [0.25, 0.3) is 0 Å². The Morgan fingerprint density at radius 3 is 3.22 bits per heavy atom. The van der Waals surface area contributed by atoms with Crippen LogP contribution in [0.3, 0.4) is 0 Å². The van der Waals surface area contributed by atoms with Crippen LogP contribution in [0.4, 0.5) is 0 Å². The van der Waals surface area contributed by atoms with E-state index in [1.54, 1.807) is 5.57 Å². The maximum atomic E-state index is 2.51. The van der Waals surface area contributed by atoms with E-state index in [1.807, 2.05) is 11.1 Å². The summed E-state index contributed by atoms with van der Waals surface area (Å²) < 4.78 is 0. The third-order valence-electron chi connectivity index (χ3n) is 3.62. The first-order chi connectivity index (χ1) is 4.45. The number of hydrogen-bond donors (Lipinski definition) is 0. The van der Waals surface area contributed by atoms with Gasteiger partial charge in [0.15, 0.2) is 0 Å². The lowest BCUT2D eigenvalue weighted by Gasteiger charge is -2.49. The van der Waals surface area contributed by atoms with Gasteiger partial charge in [0.05, 0.1) is 0 Å². The summed E-state index contributed by atoms with van der Waals surface area (Å²) in [6, 6.07) is 0. The molecule has 0 N–H and O–H groups in total. The molecule has 0 aromatic carbocycles. The largest absolute Gasteiger partial charge is 0.0729 e. The zero-order valence-corrected chi connectivity index (χ0v) is 5.22. The average molecular weight is 116 g/mol. The number of hydrogen-bond acceptors (Lipinski definition) is 0. The Hall–Kier alpha value is -0.520. The van der Waals surface area contributed by atoms with Gasteiger partial charge in [-0.25, -0.2) is 0 Å². The molecule has 0 radical (unpaired) electrons. The van der Waals surface area contributed by atoms with Gasteiger partial charge in [-0.3, -0.25) is 0 Å². The van der Waals surface area contributed by atoms with Crippen molar-refractivity contribution in [3.05, 3.63) is 22.8 Å². The molecular formula is C9H8. The topological polar surface area (TPSA) is 0 Å². The van der Waals surface area contributed by atoms with Gasteiger partial charge in [0.25, 0.3) is 0 Å². The van der Waals surface area contributed by atoms with E-state index in [4.69, 9.17) is 0 Å². The normalized spacial score (nSPS) is 55.1. The molecule has 0 heteroatoms. The molecule has 3 unspecified atom stereocenters. The average Bonchev–Trinajstić information content (AvgIpc) is 2.21. The van der Waals surface area contributed by atoms with Gasteiger partial charge in [-0.2, -0.15) is 0 Å². The van der Waals surface area contributed by atoms with Crippen LogP contribution in [-0.4, -0.2) is 0 Å². The molecule has 0 bridgehead atoms. The Balaban J connectivity index is 2.18. The van der Waals surface area contributed by atoms with E-state index in [1.165, 1.54) is 12.8 Å². The quantitative estimate of drug-likeness (QED) is 0.453. The fourth-order valence-electron chi connectivity index (χ4n) is 3.19. The standard InChI is InChI=1S/C9H8/c1-4-2-6-7-3-5(1)9(7)8(4)6/h2,4-5,7H,1,3H2. The maximum Gasteiger partial charge on any atom is 0.00628 e. The predicted octanol–water partition coefficient (Wildman–Crippen LogP) is 1.89. The molecule has 0 aliphatic heterocycles. The van der Waals surface area contributed by atoms with Crippen LogP contribution in [0, 0.1) is 17.8 Å². The first kappa shape index (κ1) is 3.60. The van der Waals surface area contributed by atoms with Crippen molar-refractivity contribution >= 4 is 0 Å². The summed E-state index contributed by atoms with van der Waals surface area (Å²) in [4.78, 5) is 0. The summed E-state index contributed by atoms with van der Waals surface area (Å²) >= 11 is 0. The van der Waals surface area contributed by atoms with E-state index in [2.05, 4.69) is 6.08 Å². The minimum Gasteiger partial charge on any atom is -0.0729 e. The maximum absolute atomic E-state index is 2.51. The van der Waals surface area contributed by atoms with Gasteiger partial charge >= 0.3 is 0 Å². The molecular weight excluding hydrogens is 108 g/mol. The summed E-state index contributed by atoms with van der Waals surface area (Å²) in [5.41, 5.74) is 5.46. The highest BCUT2D eigenvalue weighted by atomic mass is 14.6. The van der Waals surface area contributed by atoms with Gasteiger partial charge in [-0.1, -0.05) is 11.6 Å². The van der Waals surface area contributed by atoms with E-state index in [-0.39, 0.29) is 0 Å². The first-order valence-corrected chi connectivity index (χ1v) is 3.91. The molecule has 0 aromatic rings. The number of allylic oxidation sites excluding steroid dienone is 4. The van der Waals surface area contributed by atoms with Gasteiger partial charge < -0.3 is 0 Å². The molecule has 4 aliphatic rings. The SMILES string of the molecule is C1=C2C3=C4C(CC13)CC24. The summed E-state index contributed by atoms with van der Waals surface area (Å²) in [7, 11) is 0.